The van der Waals surface area contributed by atoms with E-state index in [1.807, 2.05) is 56.3 Å². The van der Waals surface area contributed by atoms with Gasteiger partial charge in [0, 0.05) is 18.5 Å². The van der Waals surface area contributed by atoms with Gasteiger partial charge in [0.1, 0.15) is 23.8 Å². The third-order valence-electron chi connectivity index (χ3n) is 5.59. The van der Waals surface area contributed by atoms with Crippen LogP contribution in [0.25, 0.3) is 11.5 Å². The number of aliphatic carboxylic acids is 1. The number of amides is 1. The lowest BCUT2D eigenvalue weighted by Crippen LogP contribution is -2.37. The van der Waals surface area contributed by atoms with Crippen LogP contribution in [-0.4, -0.2) is 40.2 Å². The van der Waals surface area contributed by atoms with Crippen LogP contribution in [-0.2, 0) is 17.8 Å². The van der Waals surface area contributed by atoms with E-state index in [2.05, 4.69) is 4.98 Å². The zero-order valence-corrected chi connectivity index (χ0v) is 20.7. The topological polar surface area (TPSA) is 102 Å². The van der Waals surface area contributed by atoms with E-state index in [1.54, 1.807) is 36.4 Å². The number of carbonyl (C=O) groups is 2. The summed E-state index contributed by atoms with van der Waals surface area (Å²) in [6.07, 6.45) is -0.211. The van der Waals surface area contributed by atoms with Gasteiger partial charge in [0.25, 0.3) is 0 Å². The standard InChI is InChI=1S/C29H28N2O6/c1-20-11-13-24(14-12-20)36-29(34)31(19-27(32)33)18-22-7-6-10-25(17-22)35-16-15-26-21(2)30-28(37-26)23-8-4-3-5-9-23/h3-14,17H,15-16,18-19H2,1-2H3,(H,32,33). The highest BCUT2D eigenvalue weighted by Crippen LogP contribution is 2.23. The van der Waals surface area contributed by atoms with Gasteiger partial charge in [-0.1, -0.05) is 48.0 Å². The predicted molar refractivity (Wildman–Crippen MR) is 138 cm³/mol. The fourth-order valence-corrected chi connectivity index (χ4v) is 3.70. The van der Waals surface area contributed by atoms with E-state index in [-0.39, 0.29) is 6.54 Å². The summed E-state index contributed by atoms with van der Waals surface area (Å²) < 4.78 is 17.2. The molecular formula is C29H28N2O6. The first-order chi connectivity index (χ1) is 17.9. The summed E-state index contributed by atoms with van der Waals surface area (Å²) in [6, 6.07) is 23.8. The number of aryl methyl sites for hydroxylation is 2. The van der Waals surface area contributed by atoms with E-state index in [9.17, 15) is 14.7 Å². The molecule has 0 aliphatic carbocycles. The monoisotopic (exact) mass is 500 g/mol. The highest BCUT2D eigenvalue weighted by atomic mass is 16.6. The van der Waals surface area contributed by atoms with Gasteiger partial charge in [-0.3, -0.25) is 9.69 Å². The van der Waals surface area contributed by atoms with Gasteiger partial charge in [-0.2, -0.15) is 0 Å². The minimum Gasteiger partial charge on any atom is -0.493 e. The molecule has 1 N–H and O–H groups in total. The number of hydrogen-bond acceptors (Lipinski definition) is 6. The van der Waals surface area contributed by atoms with Crippen LogP contribution in [0.2, 0.25) is 0 Å². The molecule has 1 aromatic heterocycles. The van der Waals surface area contributed by atoms with E-state index in [0.717, 1.165) is 27.5 Å². The average Bonchev–Trinajstić information content (AvgIpc) is 3.26. The van der Waals surface area contributed by atoms with Gasteiger partial charge in [-0.05, 0) is 55.8 Å². The quantitative estimate of drug-likeness (QED) is 0.299. The molecule has 37 heavy (non-hydrogen) atoms. The third-order valence-corrected chi connectivity index (χ3v) is 5.59. The lowest BCUT2D eigenvalue weighted by molar-refractivity contribution is -0.138. The molecule has 0 unspecified atom stereocenters. The first-order valence-electron chi connectivity index (χ1n) is 11.9. The van der Waals surface area contributed by atoms with Crippen molar-refractivity contribution in [2.45, 2.75) is 26.8 Å². The molecule has 190 valence electrons. The van der Waals surface area contributed by atoms with E-state index in [1.165, 1.54) is 0 Å². The normalized spacial score (nSPS) is 10.6. The van der Waals surface area contributed by atoms with Gasteiger partial charge < -0.3 is 19.0 Å². The zero-order chi connectivity index (χ0) is 26.2. The Morgan fingerprint density at radius 2 is 1.70 bits per heavy atom. The Morgan fingerprint density at radius 3 is 2.43 bits per heavy atom. The number of ether oxygens (including phenoxy) is 2. The fourth-order valence-electron chi connectivity index (χ4n) is 3.70. The maximum atomic E-state index is 12.7. The molecular weight excluding hydrogens is 472 g/mol. The molecule has 4 rings (SSSR count). The minimum absolute atomic E-state index is 0.0514. The smallest absolute Gasteiger partial charge is 0.416 e. The van der Waals surface area contributed by atoms with Gasteiger partial charge in [0.15, 0.2) is 0 Å². The van der Waals surface area contributed by atoms with Crippen molar-refractivity contribution in [1.82, 2.24) is 9.88 Å². The Kier molecular flexibility index (Phi) is 8.20. The number of benzene rings is 3. The van der Waals surface area contributed by atoms with Crippen LogP contribution in [0.3, 0.4) is 0 Å². The van der Waals surface area contributed by atoms with Crippen molar-refractivity contribution >= 4 is 12.1 Å². The van der Waals surface area contributed by atoms with E-state index in [4.69, 9.17) is 13.9 Å². The molecule has 4 aromatic rings. The first kappa shape index (κ1) is 25.5. The van der Waals surface area contributed by atoms with Crippen LogP contribution in [0.1, 0.15) is 22.6 Å². The highest BCUT2D eigenvalue weighted by Gasteiger charge is 2.20. The molecule has 1 heterocycles. The average molecular weight is 501 g/mol. The van der Waals surface area contributed by atoms with Crippen LogP contribution in [0.4, 0.5) is 4.79 Å². The minimum atomic E-state index is -1.13. The number of carboxylic acid groups (broad SMARTS) is 1. The number of rotatable bonds is 10. The molecule has 3 aromatic carbocycles. The van der Waals surface area contributed by atoms with Gasteiger partial charge in [0.2, 0.25) is 5.89 Å². The van der Waals surface area contributed by atoms with E-state index < -0.39 is 18.6 Å². The van der Waals surface area contributed by atoms with Crippen molar-refractivity contribution in [3.63, 3.8) is 0 Å². The van der Waals surface area contributed by atoms with E-state index in [0.29, 0.717) is 36.0 Å². The Balaban J connectivity index is 1.37. The lowest BCUT2D eigenvalue weighted by Gasteiger charge is -2.20. The van der Waals surface area contributed by atoms with Gasteiger partial charge in [0.05, 0.1) is 12.3 Å². The Morgan fingerprint density at radius 1 is 0.946 bits per heavy atom. The summed E-state index contributed by atoms with van der Waals surface area (Å²) in [7, 11) is 0. The zero-order valence-electron chi connectivity index (χ0n) is 20.7. The van der Waals surface area contributed by atoms with Crippen molar-refractivity contribution in [2.24, 2.45) is 0 Å². The molecule has 0 atom stereocenters. The van der Waals surface area contributed by atoms with Crippen LogP contribution in [0, 0.1) is 13.8 Å². The van der Waals surface area contributed by atoms with Crippen molar-refractivity contribution in [2.75, 3.05) is 13.2 Å². The Bertz CT molecular complexity index is 1350. The fraction of sp³-hybridized carbons (Fsp3) is 0.207. The third kappa shape index (κ3) is 7.20. The number of carboxylic acids is 1. The van der Waals surface area contributed by atoms with Crippen LogP contribution >= 0.6 is 0 Å². The summed E-state index contributed by atoms with van der Waals surface area (Å²) in [4.78, 5) is 29.7. The number of aromatic nitrogens is 1. The molecule has 0 fully saturated rings. The molecule has 0 spiro atoms. The number of hydrogen-bond donors (Lipinski definition) is 1. The van der Waals surface area contributed by atoms with Crippen LogP contribution < -0.4 is 9.47 Å². The second-order valence-electron chi connectivity index (χ2n) is 8.57. The Labute approximate surface area is 215 Å². The predicted octanol–water partition coefficient (Wildman–Crippen LogP) is 5.67. The first-order valence-corrected chi connectivity index (χ1v) is 11.9. The lowest BCUT2D eigenvalue weighted by atomic mass is 10.2. The van der Waals surface area contributed by atoms with Crippen molar-refractivity contribution in [1.29, 1.82) is 0 Å². The Hall–Kier alpha value is -4.59. The van der Waals surface area contributed by atoms with Crippen molar-refractivity contribution in [3.05, 3.63) is 101 Å². The second-order valence-corrected chi connectivity index (χ2v) is 8.57. The van der Waals surface area contributed by atoms with E-state index >= 15 is 0 Å². The van der Waals surface area contributed by atoms with Crippen molar-refractivity contribution < 1.29 is 28.6 Å². The van der Waals surface area contributed by atoms with Gasteiger partial charge in [-0.25, -0.2) is 9.78 Å². The van der Waals surface area contributed by atoms with Crippen LogP contribution in [0.15, 0.2) is 83.3 Å². The molecule has 0 saturated carbocycles. The largest absolute Gasteiger partial charge is 0.493 e. The molecule has 8 nitrogen and oxygen atoms in total. The molecule has 0 radical (unpaired) electrons. The molecule has 0 aliphatic rings. The summed E-state index contributed by atoms with van der Waals surface area (Å²) in [5.74, 6) is 1.14. The maximum absolute atomic E-state index is 12.7. The van der Waals surface area contributed by atoms with Crippen molar-refractivity contribution in [3.8, 4) is 23.0 Å². The summed E-state index contributed by atoms with van der Waals surface area (Å²) in [5, 5.41) is 9.30. The number of carbonyl (C=O) groups excluding carboxylic acids is 1. The summed E-state index contributed by atoms with van der Waals surface area (Å²) >= 11 is 0. The number of nitrogens with zero attached hydrogens (tertiary/aromatic N) is 2. The number of oxazole rings is 1. The molecule has 8 heteroatoms. The summed E-state index contributed by atoms with van der Waals surface area (Å²) in [5.41, 5.74) is 3.46. The SMILES string of the molecule is Cc1ccc(OC(=O)N(CC(=O)O)Cc2cccc(OCCc3oc(-c4ccccc4)nc3C)c2)cc1. The molecule has 1 amide bonds. The molecule has 0 aliphatic heterocycles. The van der Waals surface area contributed by atoms with Crippen LogP contribution in [0.5, 0.6) is 11.5 Å². The molecule has 0 bridgehead atoms. The second kappa shape index (κ2) is 11.9. The summed E-state index contributed by atoms with van der Waals surface area (Å²) in [6.45, 7) is 3.74. The highest BCUT2D eigenvalue weighted by molar-refractivity contribution is 5.78. The molecule has 0 saturated heterocycles. The maximum Gasteiger partial charge on any atom is 0.416 e. The van der Waals surface area contributed by atoms with Gasteiger partial charge >= 0.3 is 12.1 Å². The van der Waals surface area contributed by atoms with Gasteiger partial charge in [-0.15, -0.1) is 0 Å².